The molecule has 0 fully saturated rings. The maximum Gasteiger partial charge on any atom is 0.338 e. The van der Waals surface area contributed by atoms with E-state index in [0.717, 1.165) is 11.1 Å². The van der Waals surface area contributed by atoms with Gasteiger partial charge in [0.15, 0.2) is 0 Å². The molecule has 1 aromatic heterocycles. The average molecular weight is 232 g/mol. The van der Waals surface area contributed by atoms with Crippen molar-refractivity contribution in [3.63, 3.8) is 0 Å². The summed E-state index contributed by atoms with van der Waals surface area (Å²) >= 11 is 1.62. The minimum absolute atomic E-state index is 0.260. The van der Waals surface area contributed by atoms with Crippen LogP contribution in [0.1, 0.15) is 17.3 Å². The van der Waals surface area contributed by atoms with Gasteiger partial charge in [0, 0.05) is 0 Å². The predicted octanol–water partition coefficient (Wildman–Crippen LogP) is 3.59. The molecule has 16 heavy (non-hydrogen) atoms. The molecule has 0 aliphatic heterocycles. The van der Waals surface area contributed by atoms with Gasteiger partial charge in [-0.2, -0.15) is 11.3 Å². The van der Waals surface area contributed by atoms with Crippen molar-refractivity contribution in [1.29, 1.82) is 0 Å². The van der Waals surface area contributed by atoms with E-state index in [1.54, 1.807) is 17.4 Å². The van der Waals surface area contributed by atoms with Crippen molar-refractivity contribution in [2.24, 2.45) is 0 Å². The summed E-state index contributed by atoms with van der Waals surface area (Å²) in [6.45, 7) is 2.21. The maximum atomic E-state index is 11.7. The summed E-state index contributed by atoms with van der Waals surface area (Å²) in [5.41, 5.74) is 2.62. The Balaban J connectivity index is 2.42. The zero-order chi connectivity index (χ0) is 11.4. The van der Waals surface area contributed by atoms with Gasteiger partial charge in [0.05, 0.1) is 12.2 Å². The normalized spacial score (nSPS) is 10.1. The van der Waals surface area contributed by atoms with Crippen LogP contribution in [0.2, 0.25) is 0 Å². The van der Waals surface area contributed by atoms with E-state index in [9.17, 15) is 4.79 Å². The molecule has 0 saturated carbocycles. The molecule has 2 aromatic rings. The Labute approximate surface area is 98.5 Å². The van der Waals surface area contributed by atoms with Crippen LogP contribution in [-0.2, 0) is 4.74 Å². The molecule has 0 radical (unpaired) electrons. The summed E-state index contributed by atoms with van der Waals surface area (Å²) in [6.07, 6.45) is 0. The Hall–Kier alpha value is -1.61. The second-order valence-electron chi connectivity index (χ2n) is 3.28. The summed E-state index contributed by atoms with van der Waals surface area (Å²) in [5.74, 6) is -0.260. The van der Waals surface area contributed by atoms with Crippen molar-refractivity contribution in [1.82, 2.24) is 0 Å². The highest BCUT2D eigenvalue weighted by Crippen LogP contribution is 2.26. The minimum Gasteiger partial charge on any atom is -0.462 e. The number of carbonyl (C=O) groups excluding carboxylic acids is 1. The number of hydrogen-bond donors (Lipinski definition) is 0. The van der Waals surface area contributed by atoms with Gasteiger partial charge in [0.25, 0.3) is 0 Å². The number of esters is 1. The highest BCUT2D eigenvalue weighted by atomic mass is 32.1. The predicted molar refractivity (Wildman–Crippen MR) is 65.7 cm³/mol. The molecule has 0 amide bonds. The van der Waals surface area contributed by atoms with Gasteiger partial charge in [-0.05, 0) is 40.9 Å². The van der Waals surface area contributed by atoms with Crippen LogP contribution in [0.5, 0.6) is 0 Å². The van der Waals surface area contributed by atoms with Crippen molar-refractivity contribution in [2.45, 2.75) is 6.92 Å². The Morgan fingerprint density at radius 1 is 1.31 bits per heavy atom. The Morgan fingerprint density at radius 3 is 2.81 bits per heavy atom. The molecule has 0 aliphatic carbocycles. The van der Waals surface area contributed by atoms with Crippen molar-refractivity contribution in [2.75, 3.05) is 6.61 Å². The lowest BCUT2D eigenvalue weighted by Crippen LogP contribution is -2.05. The van der Waals surface area contributed by atoms with Gasteiger partial charge in [0.2, 0.25) is 0 Å². The summed E-state index contributed by atoms with van der Waals surface area (Å²) in [7, 11) is 0. The fourth-order valence-corrected chi connectivity index (χ4v) is 2.20. The molecule has 0 aliphatic rings. The highest BCUT2D eigenvalue weighted by molar-refractivity contribution is 7.08. The standard InChI is InChI=1S/C13H12O2S/c1-2-15-13(14)12-6-4-3-5-11(12)10-7-8-16-9-10/h3-9H,2H2,1H3. The summed E-state index contributed by atoms with van der Waals surface area (Å²) < 4.78 is 5.03. The van der Waals surface area contributed by atoms with E-state index in [1.807, 2.05) is 41.9 Å². The molecule has 0 spiro atoms. The number of rotatable bonds is 3. The van der Waals surface area contributed by atoms with Crippen molar-refractivity contribution in [3.05, 3.63) is 46.7 Å². The fraction of sp³-hybridized carbons (Fsp3) is 0.154. The van der Waals surface area contributed by atoms with Gasteiger partial charge in [-0.1, -0.05) is 18.2 Å². The van der Waals surface area contributed by atoms with Crippen LogP contribution in [0.3, 0.4) is 0 Å². The third-order valence-corrected chi connectivity index (χ3v) is 2.94. The second-order valence-corrected chi connectivity index (χ2v) is 4.06. The summed E-state index contributed by atoms with van der Waals surface area (Å²) in [5, 5.41) is 4.02. The summed E-state index contributed by atoms with van der Waals surface area (Å²) in [6, 6.07) is 9.51. The van der Waals surface area contributed by atoms with Crippen LogP contribution in [0, 0.1) is 0 Å². The first kappa shape index (κ1) is 10.9. The number of thiophene rings is 1. The van der Waals surface area contributed by atoms with Gasteiger partial charge in [-0.25, -0.2) is 4.79 Å². The monoisotopic (exact) mass is 232 g/mol. The molecule has 2 nitrogen and oxygen atoms in total. The van der Waals surface area contributed by atoms with Gasteiger partial charge in [-0.3, -0.25) is 0 Å². The molecule has 82 valence electrons. The van der Waals surface area contributed by atoms with Gasteiger partial charge < -0.3 is 4.74 Å². The van der Waals surface area contributed by atoms with Crippen LogP contribution in [0.15, 0.2) is 41.1 Å². The Morgan fingerprint density at radius 2 is 2.12 bits per heavy atom. The lowest BCUT2D eigenvalue weighted by molar-refractivity contribution is 0.0527. The van der Waals surface area contributed by atoms with E-state index < -0.39 is 0 Å². The number of hydrogen-bond acceptors (Lipinski definition) is 3. The van der Waals surface area contributed by atoms with Gasteiger partial charge in [-0.15, -0.1) is 0 Å². The van der Waals surface area contributed by atoms with Crippen LogP contribution in [-0.4, -0.2) is 12.6 Å². The zero-order valence-electron chi connectivity index (χ0n) is 8.97. The van der Waals surface area contributed by atoms with Crippen molar-refractivity contribution >= 4 is 17.3 Å². The van der Waals surface area contributed by atoms with Crippen molar-refractivity contribution in [3.8, 4) is 11.1 Å². The third-order valence-electron chi connectivity index (χ3n) is 2.25. The van der Waals surface area contributed by atoms with E-state index in [-0.39, 0.29) is 5.97 Å². The first-order valence-corrected chi connectivity index (χ1v) is 6.06. The van der Waals surface area contributed by atoms with Crippen LogP contribution < -0.4 is 0 Å². The van der Waals surface area contributed by atoms with Gasteiger partial charge >= 0.3 is 5.97 Å². The molecule has 0 atom stereocenters. The number of benzene rings is 1. The minimum atomic E-state index is -0.260. The first-order chi connectivity index (χ1) is 7.83. The Bertz CT molecular complexity index is 474. The molecule has 0 bridgehead atoms. The van der Waals surface area contributed by atoms with E-state index >= 15 is 0 Å². The number of carbonyl (C=O) groups is 1. The van der Waals surface area contributed by atoms with E-state index in [2.05, 4.69) is 0 Å². The molecule has 2 rings (SSSR count). The van der Waals surface area contributed by atoms with Gasteiger partial charge in [0.1, 0.15) is 0 Å². The molecule has 0 saturated heterocycles. The van der Waals surface area contributed by atoms with Crippen LogP contribution >= 0.6 is 11.3 Å². The third kappa shape index (κ3) is 2.14. The Kier molecular flexibility index (Phi) is 3.37. The maximum absolute atomic E-state index is 11.7. The zero-order valence-corrected chi connectivity index (χ0v) is 9.79. The smallest absolute Gasteiger partial charge is 0.338 e. The first-order valence-electron chi connectivity index (χ1n) is 5.11. The molecular formula is C13H12O2S. The lowest BCUT2D eigenvalue weighted by atomic mass is 10.0. The average Bonchev–Trinajstić information content (AvgIpc) is 2.83. The quantitative estimate of drug-likeness (QED) is 0.756. The molecule has 3 heteroatoms. The largest absolute Gasteiger partial charge is 0.462 e. The van der Waals surface area contributed by atoms with Crippen molar-refractivity contribution < 1.29 is 9.53 Å². The molecular weight excluding hydrogens is 220 g/mol. The van der Waals surface area contributed by atoms with Crippen LogP contribution in [0.25, 0.3) is 11.1 Å². The van der Waals surface area contributed by atoms with E-state index in [1.165, 1.54) is 0 Å². The molecule has 1 aromatic carbocycles. The highest BCUT2D eigenvalue weighted by Gasteiger charge is 2.12. The summed E-state index contributed by atoms with van der Waals surface area (Å²) in [4.78, 5) is 11.7. The SMILES string of the molecule is CCOC(=O)c1ccccc1-c1ccsc1. The molecule has 1 heterocycles. The van der Waals surface area contributed by atoms with E-state index in [0.29, 0.717) is 12.2 Å². The van der Waals surface area contributed by atoms with Crippen LogP contribution in [0.4, 0.5) is 0 Å². The topological polar surface area (TPSA) is 26.3 Å². The van der Waals surface area contributed by atoms with E-state index in [4.69, 9.17) is 4.74 Å². The number of ether oxygens (including phenoxy) is 1. The molecule has 0 N–H and O–H groups in total. The fourth-order valence-electron chi connectivity index (χ4n) is 1.54. The molecule has 0 unspecified atom stereocenters. The second kappa shape index (κ2) is 4.94. The lowest BCUT2D eigenvalue weighted by Gasteiger charge is -2.06.